The Morgan fingerprint density at radius 3 is 2.15 bits per heavy atom. The maximum atomic E-state index is 12.8. The lowest BCUT2D eigenvalue weighted by atomic mass is 10.1. The van der Waals surface area contributed by atoms with Crippen molar-refractivity contribution in [3.05, 3.63) is 35.6 Å². The minimum Gasteiger partial charge on any atom is -0.316 e. The molecule has 0 aliphatic rings. The third-order valence-corrected chi connectivity index (χ3v) is 1.59. The molecule has 0 aliphatic heterocycles. The van der Waals surface area contributed by atoms with E-state index in [4.69, 9.17) is 5.73 Å². The van der Waals surface area contributed by atoms with Crippen molar-refractivity contribution >= 4 is 0 Å². The first kappa shape index (κ1) is 9.98. The zero-order valence-electron chi connectivity index (χ0n) is 6.48. The fraction of sp³-hybridized carbons (Fsp3) is 0.250. The van der Waals surface area contributed by atoms with E-state index in [0.29, 0.717) is 0 Å². The van der Waals surface area contributed by atoms with E-state index in [2.05, 4.69) is 0 Å². The van der Waals surface area contributed by atoms with Gasteiger partial charge in [-0.1, -0.05) is 18.2 Å². The van der Waals surface area contributed by atoms with Crippen LogP contribution >= 0.6 is 0 Å². The largest absolute Gasteiger partial charge is 0.407 e. The number of benzene rings is 1. The standard InChI is InChI=1S/C8H7F4N/c9-6-4-2-1-3-5(6)7(13)8(10,11)12/h1-4,7H,13H2/t7-/m0/s1. The van der Waals surface area contributed by atoms with Gasteiger partial charge < -0.3 is 5.73 Å². The fourth-order valence-electron chi connectivity index (χ4n) is 0.904. The lowest BCUT2D eigenvalue weighted by molar-refractivity contribution is -0.149. The van der Waals surface area contributed by atoms with E-state index < -0.39 is 23.6 Å². The second-order valence-electron chi connectivity index (χ2n) is 2.54. The normalized spacial score (nSPS) is 14.2. The molecule has 1 nitrogen and oxygen atoms in total. The molecule has 0 fully saturated rings. The van der Waals surface area contributed by atoms with Crippen LogP contribution in [0.4, 0.5) is 17.6 Å². The fourth-order valence-corrected chi connectivity index (χ4v) is 0.904. The summed E-state index contributed by atoms with van der Waals surface area (Å²) in [6.45, 7) is 0. The molecule has 2 N–H and O–H groups in total. The van der Waals surface area contributed by atoms with Crippen molar-refractivity contribution in [2.24, 2.45) is 5.73 Å². The third kappa shape index (κ3) is 2.18. The number of hydrogen-bond acceptors (Lipinski definition) is 1. The van der Waals surface area contributed by atoms with Gasteiger partial charge in [0.2, 0.25) is 0 Å². The SMILES string of the molecule is N[C@@H](c1ccccc1F)C(F)(F)F. The van der Waals surface area contributed by atoms with E-state index in [-0.39, 0.29) is 0 Å². The van der Waals surface area contributed by atoms with E-state index in [1.807, 2.05) is 0 Å². The Hall–Kier alpha value is -1.10. The molecule has 0 radical (unpaired) electrons. The summed E-state index contributed by atoms with van der Waals surface area (Å²) in [4.78, 5) is 0. The van der Waals surface area contributed by atoms with Gasteiger partial charge in [-0.15, -0.1) is 0 Å². The molecular formula is C8H7F4N. The Kier molecular flexibility index (Phi) is 2.56. The van der Waals surface area contributed by atoms with Crippen LogP contribution in [0.15, 0.2) is 24.3 Å². The van der Waals surface area contributed by atoms with Gasteiger partial charge in [-0.05, 0) is 6.07 Å². The predicted molar refractivity (Wildman–Crippen MR) is 39.4 cm³/mol. The summed E-state index contributed by atoms with van der Waals surface area (Å²) >= 11 is 0. The van der Waals surface area contributed by atoms with Gasteiger partial charge in [-0.3, -0.25) is 0 Å². The minimum absolute atomic E-state index is 0.532. The summed E-state index contributed by atoms with van der Waals surface area (Å²) in [6.07, 6.45) is -4.61. The molecule has 0 amide bonds. The van der Waals surface area contributed by atoms with E-state index >= 15 is 0 Å². The second kappa shape index (κ2) is 3.33. The molecule has 0 aromatic heterocycles. The van der Waals surface area contributed by atoms with Crippen LogP contribution in [0, 0.1) is 5.82 Å². The summed E-state index contributed by atoms with van der Waals surface area (Å²) in [5.74, 6) is -0.938. The van der Waals surface area contributed by atoms with Crippen LogP contribution in [0.1, 0.15) is 11.6 Å². The van der Waals surface area contributed by atoms with Gasteiger partial charge in [0.05, 0.1) is 0 Å². The molecule has 1 aromatic rings. The Balaban J connectivity index is 3.02. The van der Waals surface area contributed by atoms with Crippen LogP contribution in [0.5, 0.6) is 0 Å². The molecule has 1 rings (SSSR count). The van der Waals surface area contributed by atoms with Gasteiger partial charge >= 0.3 is 6.18 Å². The molecule has 0 saturated heterocycles. The van der Waals surface area contributed by atoms with E-state index in [9.17, 15) is 17.6 Å². The lowest BCUT2D eigenvalue weighted by Crippen LogP contribution is -2.29. The Bertz CT molecular complexity index is 294. The van der Waals surface area contributed by atoms with E-state index in [1.54, 1.807) is 0 Å². The van der Waals surface area contributed by atoms with Crippen LogP contribution in [-0.2, 0) is 0 Å². The molecule has 0 heterocycles. The topological polar surface area (TPSA) is 26.0 Å². The van der Waals surface area contributed by atoms with Crippen molar-refractivity contribution < 1.29 is 17.6 Å². The first-order chi connectivity index (χ1) is 5.93. The highest BCUT2D eigenvalue weighted by molar-refractivity contribution is 5.21. The maximum absolute atomic E-state index is 12.8. The van der Waals surface area contributed by atoms with E-state index in [0.717, 1.165) is 12.1 Å². The van der Waals surface area contributed by atoms with Crippen LogP contribution < -0.4 is 5.73 Å². The number of alkyl halides is 3. The predicted octanol–water partition coefficient (Wildman–Crippen LogP) is 2.39. The van der Waals surface area contributed by atoms with Gasteiger partial charge in [0.25, 0.3) is 0 Å². The number of nitrogens with two attached hydrogens (primary N) is 1. The summed E-state index contributed by atoms with van der Waals surface area (Å²) in [7, 11) is 0. The van der Waals surface area contributed by atoms with Crippen molar-refractivity contribution in [3.8, 4) is 0 Å². The van der Waals surface area contributed by atoms with Crippen LogP contribution in [0.25, 0.3) is 0 Å². The van der Waals surface area contributed by atoms with Gasteiger partial charge in [0, 0.05) is 5.56 Å². The zero-order valence-corrected chi connectivity index (χ0v) is 6.48. The van der Waals surface area contributed by atoms with E-state index in [1.165, 1.54) is 12.1 Å². The van der Waals surface area contributed by atoms with Crippen molar-refractivity contribution in [3.63, 3.8) is 0 Å². The van der Waals surface area contributed by atoms with Crippen molar-refractivity contribution in [2.45, 2.75) is 12.2 Å². The molecule has 0 bridgehead atoms. The summed E-state index contributed by atoms with van der Waals surface area (Å²) in [5.41, 5.74) is 4.28. The number of hydrogen-bond donors (Lipinski definition) is 1. The molecule has 0 aliphatic carbocycles. The lowest BCUT2D eigenvalue weighted by Gasteiger charge is -2.15. The third-order valence-electron chi connectivity index (χ3n) is 1.59. The Morgan fingerprint density at radius 1 is 1.15 bits per heavy atom. The number of halogens is 4. The first-order valence-electron chi connectivity index (χ1n) is 3.49. The molecule has 0 unspecified atom stereocenters. The maximum Gasteiger partial charge on any atom is 0.407 e. The highest BCUT2D eigenvalue weighted by Gasteiger charge is 2.39. The molecule has 0 saturated carbocycles. The zero-order chi connectivity index (χ0) is 10.1. The van der Waals surface area contributed by atoms with Crippen LogP contribution in [0.3, 0.4) is 0 Å². The van der Waals surface area contributed by atoms with Crippen molar-refractivity contribution in [1.82, 2.24) is 0 Å². The molecule has 1 atom stereocenters. The highest BCUT2D eigenvalue weighted by Crippen LogP contribution is 2.31. The second-order valence-corrected chi connectivity index (χ2v) is 2.54. The molecule has 5 heteroatoms. The van der Waals surface area contributed by atoms with Gasteiger partial charge in [0.15, 0.2) is 0 Å². The van der Waals surface area contributed by atoms with Crippen LogP contribution in [0.2, 0.25) is 0 Å². The quantitative estimate of drug-likeness (QED) is 0.681. The molecule has 1 aromatic carbocycles. The Labute approximate surface area is 72.2 Å². The molecule has 72 valence electrons. The summed E-state index contributed by atoms with van der Waals surface area (Å²) in [5, 5.41) is 0. The summed E-state index contributed by atoms with van der Waals surface area (Å²) < 4.78 is 48.9. The molecular weight excluding hydrogens is 186 g/mol. The smallest absolute Gasteiger partial charge is 0.316 e. The van der Waals surface area contributed by atoms with Gasteiger partial charge in [-0.25, -0.2) is 4.39 Å². The first-order valence-corrected chi connectivity index (χ1v) is 3.49. The minimum atomic E-state index is -4.61. The van der Waals surface area contributed by atoms with Crippen molar-refractivity contribution in [2.75, 3.05) is 0 Å². The Morgan fingerprint density at radius 2 is 1.69 bits per heavy atom. The summed E-state index contributed by atoms with van der Waals surface area (Å²) in [6, 6.07) is 2.33. The molecule has 13 heavy (non-hydrogen) atoms. The monoisotopic (exact) mass is 193 g/mol. The molecule has 0 spiro atoms. The number of rotatable bonds is 1. The highest BCUT2D eigenvalue weighted by atomic mass is 19.4. The van der Waals surface area contributed by atoms with Crippen LogP contribution in [-0.4, -0.2) is 6.18 Å². The van der Waals surface area contributed by atoms with Gasteiger partial charge in [-0.2, -0.15) is 13.2 Å². The average molecular weight is 193 g/mol. The van der Waals surface area contributed by atoms with Gasteiger partial charge in [0.1, 0.15) is 11.9 Å². The average Bonchev–Trinajstić information content (AvgIpc) is 2.02. The van der Waals surface area contributed by atoms with Crippen molar-refractivity contribution in [1.29, 1.82) is 0 Å².